The first-order chi connectivity index (χ1) is 10.0. The Bertz CT molecular complexity index is 411. The number of benzene rings is 1. The molecule has 1 aromatic carbocycles. The van der Waals surface area contributed by atoms with Crippen molar-refractivity contribution >= 4 is 0 Å². The summed E-state index contributed by atoms with van der Waals surface area (Å²) < 4.78 is 5.64. The van der Waals surface area contributed by atoms with E-state index >= 15 is 0 Å². The fourth-order valence-corrected chi connectivity index (χ4v) is 2.59. The third-order valence-corrected chi connectivity index (χ3v) is 4.02. The van der Waals surface area contributed by atoms with Crippen LogP contribution < -0.4 is 4.74 Å². The molecule has 0 saturated carbocycles. The zero-order valence-corrected chi connectivity index (χ0v) is 13.0. The Morgan fingerprint density at radius 2 is 1.81 bits per heavy atom. The van der Waals surface area contributed by atoms with Gasteiger partial charge in [0.25, 0.3) is 0 Å². The van der Waals surface area contributed by atoms with Crippen LogP contribution >= 0.6 is 0 Å². The van der Waals surface area contributed by atoms with E-state index in [0.717, 1.165) is 31.7 Å². The maximum absolute atomic E-state index is 10.0. The summed E-state index contributed by atoms with van der Waals surface area (Å²) in [6.45, 7) is 6.93. The molecule has 0 bridgehead atoms. The quantitative estimate of drug-likeness (QED) is 0.842. The molecule has 0 aliphatic carbocycles. The van der Waals surface area contributed by atoms with Gasteiger partial charge in [-0.05, 0) is 36.5 Å². The molecular formula is C17H27NO3. The van der Waals surface area contributed by atoms with Gasteiger partial charge in [-0.1, -0.05) is 26.0 Å². The molecule has 0 radical (unpaired) electrons. The standard InChI is InChI=1S/C17H27NO3/c1-13(2)14-3-5-17(6-4-14)21-12-16(20)11-18-9-7-15(19)8-10-18/h3-6,13,15-16,19-20H,7-12H2,1-2H3. The molecule has 2 rings (SSSR count). The smallest absolute Gasteiger partial charge is 0.119 e. The first-order valence-corrected chi connectivity index (χ1v) is 7.86. The lowest BCUT2D eigenvalue weighted by Gasteiger charge is -2.30. The highest BCUT2D eigenvalue weighted by Gasteiger charge is 2.19. The summed E-state index contributed by atoms with van der Waals surface area (Å²) in [5.41, 5.74) is 1.29. The van der Waals surface area contributed by atoms with Crippen molar-refractivity contribution in [1.82, 2.24) is 4.90 Å². The van der Waals surface area contributed by atoms with Crippen molar-refractivity contribution in [3.63, 3.8) is 0 Å². The molecular weight excluding hydrogens is 266 g/mol. The molecule has 4 heteroatoms. The molecule has 0 amide bonds. The average molecular weight is 293 g/mol. The number of β-amino-alcohol motifs (C(OH)–C–C–N with tert-alkyl or cyclic N) is 1. The number of likely N-dealkylation sites (tertiary alicyclic amines) is 1. The van der Waals surface area contributed by atoms with E-state index in [1.54, 1.807) is 0 Å². The van der Waals surface area contributed by atoms with Crippen LogP contribution in [0.1, 0.15) is 38.2 Å². The van der Waals surface area contributed by atoms with E-state index in [1.165, 1.54) is 5.56 Å². The van der Waals surface area contributed by atoms with Crippen LogP contribution in [0.5, 0.6) is 5.75 Å². The summed E-state index contributed by atoms with van der Waals surface area (Å²) in [5.74, 6) is 1.31. The van der Waals surface area contributed by atoms with Gasteiger partial charge in [0.2, 0.25) is 0 Å². The number of nitrogens with zero attached hydrogens (tertiary/aromatic N) is 1. The Labute approximate surface area is 127 Å². The normalized spacial score (nSPS) is 18.9. The number of hydrogen-bond donors (Lipinski definition) is 2. The molecule has 2 N–H and O–H groups in total. The Morgan fingerprint density at radius 3 is 2.38 bits per heavy atom. The Morgan fingerprint density at radius 1 is 1.19 bits per heavy atom. The minimum Gasteiger partial charge on any atom is -0.491 e. The molecule has 4 nitrogen and oxygen atoms in total. The van der Waals surface area contributed by atoms with E-state index in [-0.39, 0.29) is 6.10 Å². The molecule has 1 heterocycles. The minimum atomic E-state index is -0.495. The zero-order chi connectivity index (χ0) is 15.2. The van der Waals surface area contributed by atoms with Gasteiger partial charge in [-0.15, -0.1) is 0 Å². The van der Waals surface area contributed by atoms with Crippen LogP contribution in [0.4, 0.5) is 0 Å². The Kier molecular flexibility index (Phi) is 6.03. The molecule has 1 atom stereocenters. The molecule has 1 aliphatic rings. The lowest BCUT2D eigenvalue weighted by atomic mass is 10.0. The van der Waals surface area contributed by atoms with E-state index in [0.29, 0.717) is 19.1 Å². The highest BCUT2D eigenvalue weighted by atomic mass is 16.5. The number of rotatable bonds is 6. The number of aliphatic hydroxyl groups excluding tert-OH is 2. The highest BCUT2D eigenvalue weighted by Crippen LogP contribution is 2.18. The summed E-state index contributed by atoms with van der Waals surface area (Å²) in [7, 11) is 0. The summed E-state index contributed by atoms with van der Waals surface area (Å²) in [5, 5.41) is 19.5. The van der Waals surface area contributed by atoms with Crippen LogP contribution in [0.15, 0.2) is 24.3 Å². The third kappa shape index (κ3) is 5.30. The second-order valence-electron chi connectivity index (χ2n) is 6.22. The van der Waals surface area contributed by atoms with Gasteiger partial charge in [0, 0.05) is 19.6 Å². The van der Waals surface area contributed by atoms with Gasteiger partial charge >= 0.3 is 0 Å². The number of hydrogen-bond acceptors (Lipinski definition) is 4. The van der Waals surface area contributed by atoms with Crippen LogP contribution in [0, 0.1) is 0 Å². The lowest BCUT2D eigenvalue weighted by Crippen LogP contribution is -2.41. The van der Waals surface area contributed by atoms with Crippen molar-refractivity contribution in [2.75, 3.05) is 26.2 Å². The Balaban J connectivity index is 1.72. The average Bonchev–Trinajstić information content (AvgIpc) is 2.48. The molecule has 118 valence electrons. The lowest BCUT2D eigenvalue weighted by molar-refractivity contribution is 0.0337. The zero-order valence-electron chi connectivity index (χ0n) is 13.0. The maximum atomic E-state index is 10.0. The van der Waals surface area contributed by atoms with Crippen molar-refractivity contribution in [1.29, 1.82) is 0 Å². The van der Waals surface area contributed by atoms with Gasteiger partial charge in [-0.2, -0.15) is 0 Å². The van der Waals surface area contributed by atoms with Crippen molar-refractivity contribution in [3.05, 3.63) is 29.8 Å². The van der Waals surface area contributed by atoms with Crippen molar-refractivity contribution in [2.24, 2.45) is 0 Å². The molecule has 1 saturated heterocycles. The van der Waals surface area contributed by atoms with Gasteiger partial charge in [-0.3, -0.25) is 0 Å². The minimum absolute atomic E-state index is 0.172. The molecule has 1 aromatic rings. The molecule has 1 fully saturated rings. The fourth-order valence-electron chi connectivity index (χ4n) is 2.59. The van der Waals surface area contributed by atoms with E-state index in [9.17, 15) is 10.2 Å². The summed E-state index contributed by atoms with van der Waals surface area (Å²) >= 11 is 0. The highest BCUT2D eigenvalue weighted by molar-refractivity contribution is 5.28. The number of aliphatic hydroxyl groups is 2. The van der Waals surface area contributed by atoms with Gasteiger partial charge in [0.1, 0.15) is 18.5 Å². The Hall–Kier alpha value is -1.10. The number of ether oxygens (including phenoxy) is 1. The largest absolute Gasteiger partial charge is 0.491 e. The second-order valence-corrected chi connectivity index (χ2v) is 6.22. The molecule has 1 aliphatic heterocycles. The van der Waals surface area contributed by atoms with Gasteiger partial charge < -0.3 is 19.8 Å². The first-order valence-electron chi connectivity index (χ1n) is 7.86. The van der Waals surface area contributed by atoms with Crippen LogP contribution in [0.2, 0.25) is 0 Å². The fraction of sp³-hybridized carbons (Fsp3) is 0.647. The summed E-state index contributed by atoms with van der Waals surface area (Å²) in [4.78, 5) is 2.18. The molecule has 21 heavy (non-hydrogen) atoms. The van der Waals surface area contributed by atoms with Crippen molar-refractivity contribution < 1.29 is 14.9 Å². The topological polar surface area (TPSA) is 52.9 Å². The summed E-state index contributed by atoms with van der Waals surface area (Å²) in [6, 6.07) is 8.05. The monoisotopic (exact) mass is 293 g/mol. The van der Waals surface area contributed by atoms with Crippen LogP contribution in [0.3, 0.4) is 0 Å². The van der Waals surface area contributed by atoms with E-state index < -0.39 is 6.10 Å². The van der Waals surface area contributed by atoms with E-state index in [2.05, 4.69) is 30.9 Å². The van der Waals surface area contributed by atoms with Crippen molar-refractivity contribution in [3.8, 4) is 5.75 Å². The molecule has 1 unspecified atom stereocenters. The third-order valence-electron chi connectivity index (χ3n) is 4.02. The summed E-state index contributed by atoms with van der Waals surface area (Å²) in [6.07, 6.45) is 0.924. The molecule has 0 spiro atoms. The van der Waals surface area contributed by atoms with E-state index in [1.807, 2.05) is 12.1 Å². The second kappa shape index (κ2) is 7.78. The van der Waals surface area contributed by atoms with Crippen LogP contribution in [-0.4, -0.2) is 53.6 Å². The molecule has 0 aromatic heterocycles. The van der Waals surface area contributed by atoms with Gasteiger partial charge in [0.15, 0.2) is 0 Å². The van der Waals surface area contributed by atoms with E-state index in [4.69, 9.17) is 4.74 Å². The first kappa shape index (κ1) is 16.3. The van der Waals surface area contributed by atoms with Gasteiger partial charge in [-0.25, -0.2) is 0 Å². The van der Waals surface area contributed by atoms with Crippen LogP contribution in [0.25, 0.3) is 0 Å². The predicted octanol–water partition coefficient (Wildman–Crippen LogP) is 2.01. The van der Waals surface area contributed by atoms with Crippen LogP contribution in [-0.2, 0) is 0 Å². The predicted molar refractivity (Wildman–Crippen MR) is 83.7 cm³/mol. The number of piperidine rings is 1. The SMILES string of the molecule is CC(C)c1ccc(OCC(O)CN2CCC(O)CC2)cc1. The van der Waals surface area contributed by atoms with Crippen molar-refractivity contribution in [2.45, 2.75) is 44.8 Å². The maximum Gasteiger partial charge on any atom is 0.119 e. The van der Waals surface area contributed by atoms with Gasteiger partial charge in [0.05, 0.1) is 6.10 Å².